The average molecular weight is 211 g/mol. The summed E-state index contributed by atoms with van der Waals surface area (Å²) in [5.41, 5.74) is -0.489. The minimum absolute atomic E-state index is 0.259. The minimum atomic E-state index is -0.489. The van der Waals surface area contributed by atoms with Crippen molar-refractivity contribution in [3.63, 3.8) is 0 Å². The van der Waals surface area contributed by atoms with E-state index >= 15 is 0 Å². The lowest BCUT2D eigenvalue weighted by molar-refractivity contribution is -0.112. The molecule has 1 saturated carbocycles. The molecule has 4 heteroatoms. The van der Waals surface area contributed by atoms with Crippen LogP contribution >= 0.6 is 0 Å². The van der Waals surface area contributed by atoms with E-state index in [0.29, 0.717) is 5.92 Å². The van der Waals surface area contributed by atoms with Crippen LogP contribution in [0.3, 0.4) is 0 Å². The zero-order valence-corrected chi connectivity index (χ0v) is 9.40. The Kier molecular flexibility index (Phi) is 2.24. The van der Waals surface area contributed by atoms with Gasteiger partial charge in [0.1, 0.15) is 11.9 Å². The summed E-state index contributed by atoms with van der Waals surface area (Å²) in [6.07, 6.45) is 2.36. The third kappa shape index (κ3) is 1.98. The first-order chi connectivity index (χ1) is 6.92. The molecular weight excluding hydrogens is 194 g/mol. The van der Waals surface area contributed by atoms with Gasteiger partial charge in [-0.3, -0.25) is 4.90 Å². The number of piperidine rings is 1. The van der Waals surface area contributed by atoms with Gasteiger partial charge in [0.2, 0.25) is 0 Å². The second kappa shape index (κ2) is 3.22. The van der Waals surface area contributed by atoms with E-state index in [1.54, 1.807) is 4.90 Å². The van der Waals surface area contributed by atoms with Crippen LogP contribution in [0, 0.1) is 5.92 Å². The third-order valence-electron chi connectivity index (χ3n) is 2.91. The van der Waals surface area contributed by atoms with E-state index in [4.69, 9.17) is 4.74 Å². The summed E-state index contributed by atoms with van der Waals surface area (Å²) in [7, 11) is 0. The van der Waals surface area contributed by atoms with Crippen molar-refractivity contribution in [2.24, 2.45) is 5.92 Å². The van der Waals surface area contributed by atoms with Crippen LogP contribution in [-0.4, -0.2) is 35.0 Å². The van der Waals surface area contributed by atoms with Crippen molar-refractivity contribution in [1.82, 2.24) is 4.90 Å². The fourth-order valence-electron chi connectivity index (χ4n) is 2.20. The van der Waals surface area contributed by atoms with E-state index in [-0.39, 0.29) is 18.2 Å². The third-order valence-corrected chi connectivity index (χ3v) is 2.91. The first-order valence-corrected chi connectivity index (χ1v) is 5.39. The highest BCUT2D eigenvalue weighted by Crippen LogP contribution is 2.47. The van der Waals surface area contributed by atoms with Gasteiger partial charge in [-0.05, 0) is 39.5 Å². The molecule has 2 rings (SSSR count). The number of hydrogen-bond acceptors (Lipinski definition) is 3. The molecule has 0 bridgehead atoms. The highest BCUT2D eigenvalue weighted by atomic mass is 16.6. The molecular formula is C11H17NO3. The Bertz CT molecular complexity index is 295. The van der Waals surface area contributed by atoms with Crippen molar-refractivity contribution in [2.45, 2.75) is 51.3 Å². The molecule has 3 unspecified atom stereocenters. The average Bonchev–Trinajstić information content (AvgIpc) is 2.73. The van der Waals surface area contributed by atoms with E-state index in [1.807, 2.05) is 20.8 Å². The summed E-state index contributed by atoms with van der Waals surface area (Å²) in [4.78, 5) is 24.2. The highest BCUT2D eigenvalue weighted by Gasteiger charge is 2.54. The number of carbonyl (C=O) groups is 2. The summed E-state index contributed by atoms with van der Waals surface area (Å²) < 4.78 is 5.28. The molecule has 2 fully saturated rings. The van der Waals surface area contributed by atoms with Gasteiger partial charge in [0, 0.05) is 6.04 Å². The second-order valence-corrected chi connectivity index (χ2v) is 5.39. The van der Waals surface area contributed by atoms with Crippen molar-refractivity contribution < 1.29 is 14.3 Å². The van der Waals surface area contributed by atoms with Gasteiger partial charge in [-0.25, -0.2) is 4.79 Å². The van der Waals surface area contributed by atoms with E-state index < -0.39 is 5.60 Å². The van der Waals surface area contributed by atoms with Gasteiger partial charge in [-0.15, -0.1) is 0 Å². The Morgan fingerprint density at radius 1 is 1.40 bits per heavy atom. The lowest BCUT2D eigenvalue weighted by Crippen LogP contribution is -2.42. The fourth-order valence-corrected chi connectivity index (χ4v) is 2.20. The first kappa shape index (κ1) is 10.5. The highest BCUT2D eigenvalue weighted by molar-refractivity contribution is 5.76. The zero-order valence-electron chi connectivity index (χ0n) is 9.40. The van der Waals surface area contributed by atoms with Crippen LogP contribution < -0.4 is 0 Å². The van der Waals surface area contributed by atoms with Crippen molar-refractivity contribution in [3.05, 3.63) is 0 Å². The molecule has 1 heterocycles. The van der Waals surface area contributed by atoms with Gasteiger partial charge in [0.05, 0.1) is 6.04 Å². The molecule has 1 saturated heterocycles. The lowest BCUT2D eigenvalue weighted by atomic mass is 10.2. The topological polar surface area (TPSA) is 46.6 Å². The first-order valence-electron chi connectivity index (χ1n) is 5.39. The summed E-state index contributed by atoms with van der Waals surface area (Å²) in [6.45, 7) is 5.50. The lowest BCUT2D eigenvalue weighted by Gasteiger charge is -2.28. The Balaban J connectivity index is 2.02. The van der Waals surface area contributed by atoms with Crippen LogP contribution in [0.25, 0.3) is 0 Å². The Morgan fingerprint density at radius 2 is 2.07 bits per heavy atom. The number of nitrogens with zero attached hydrogens (tertiary/aromatic N) is 1. The van der Waals surface area contributed by atoms with Crippen molar-refractivity contribution >= 4 is 12.4 Å². The smallest absolute Gasteiger partial charge is 0.411 e. The summed E-state index contributed by atoms with van der Waals surface area (Å²) >= 11 is 0. The van der Waals surface area contributed by atoms with Crippen LogP contribution in [-0.2, 0) is 9.53 Å². The molecule has 15 heavy (non-hydrogen) atoms. The normalized spacial score (nSPS) is 33.5. The van der Waals surface area contributed by atoms with Crippen LogP contribution in [0.4, 0.5) is 4.79 Å². The number of hydrogen-bond donors (Lipinski definition) is 0. The quantitative estimate of drug-likeness (QED) is 0.619. The number of carbonyl (C=O) groups excluding carboxylic acids is 2. The molecule has 2 aliphatic rings. The van der Waals surface area contributed by atoms with Gasteiger partial charge in [-0.2, -0.15) is 0 Å². The van der Waals surface area contributed by atoms with Gasteiger partial charge in [0.15, 0.2) is 0 Å². The van der Waals surface area contributed by atoms with Crippen LogP contribution in [0.2, 0.25) is 0 Å². The number of likely N-dealkylation sites (tertiary alicyclic amines) is 1. The van der Waals surface area contributed by atoms with Gasteiger partial charge in [0.25, 0.3) is 0 Å². The van der Waals surface area contributed by atoms with Gasteiger partial charge >= 0.3 is 6.09 Å². The number of amides is 1. The molecule has 0 N–H and O–H groups in total. The van der Waals surface area contributed by atoms with E-state index in [1.165, 1.54) is 0 Å². The standard InChI is InChI=1S/C11H17NO3/c1-11(2,3)15-10(14)12-8(6-13)4-7-5-9(7)12/h6-9H,4-5H2,1-3H3. The molecule has 0 aromatic heterocycles. The molecule has 0 spiro atoms. The molecule has 0 radical (unpaired) electrons. The van der Waals surface area contributed by atoms with Crippen molar-refractivity contribution in [2.75, 3.05) is 0 Å². The van der Waals surface area contributed by atoms with Crippen molar-refractivity contribution in [3.8, 4) is 0 Å². The molecule has 3 atom stereocenters. The maximum atomic E-state index is 11.8. The Morgan fingerprint density at radius 3 is 2.60 bits per heavy atom. The number of fused-ring (bicyclic) bond motifs is 1. The predicted octanol–water partition coefficient (Wildman–Crippen LogP) is 1.58. The SMILES string of the molecule is CC(C)(C)OC(=O)N1C(C=O)CC2CC21. The zero-order chi connectivity index (χ0) is 11.2. The largest absolute Gasteiger partial charge is 0.444 e. The maximum Gasteiger partial charge on any atom is 0.411 e. The number of aldehydes is 1. The summed E-state index contributed by atoms with van der Waals surface area (Å²) in [5.74, 6) is 0.535. The maximum absolute atomic E-state index is 11.8. The molecule has 1 aliphatic carbocycles. The van der Waals surface area contributed by atoms with E-state index in [2.05, 4.69) is 0 Å². The number of rotatable bonds is 1. The number of ether oxygens (including phenoxy) is 1. The molecule has 1 aliphatic heterocycles. The fraction of sp³-hybridized carbons (Fsp3) is 0.818. The second-order valence-electron chi connectivity index (χ2n) is 5.39. The van der Waals surface area contributed by atoms with E-state index in [0.717, 1.165) is 19.1 Å². The van der Waals surface area contributed by atoms with E-state index in [9.17, 15) is 9.59 Å². The predicted molar refractivity (Wildman–Crippen MR) is 54.4 cm³/mol. The van der Waals surface area contributed by atoms with Crippen LogP contribution in [0.1, 0.15) is 33.6 Å². The molecule has 0 aromatic carbocycles. The van der Waals surface area contributed by atoms with Crippen molar-refractivity contribution in [1.29, 1.82) is 0 Å². The molecule has 0 aromatic rings. The molecule has 4 nitrogen and oxygen atoms in total. The van der Waals surface area contributed by atoms with Gasteiger partial charge in [-0.1, -0.05) is 0 Å². The monoisotopic (exact) mass is 211 g/mol. The minimum Gasteiger partial charge on any atom is -0.444 e. The molecule has 1 amide bonds. The van der Waals surface area contributed by atoms with Crippen LogP contribution in [0.15, 0.2) is 0 Å². The summed E-state index contributed by atoms with van der Waals surface area (Å²) in [5, 5.41) is 0. The Hall–Kier alpha value is -1.06. The molecule has 84 valence electrons. The van der Waals surface area contributed by atoms with Gasteiger partial charge < -0.3 is 9.53 Å². The van der Waals surface area contributed by atoms with Crippen LogP contribution in [0.5, 0.6) is 0 Å². The summed E-state index contributed by atoms with van der Waals surface area (Å²) in [6, 6.07) is -0.00125. The Labute approximate surface area is 89.6 Å².